The van der Waals surface area contributed by atoms with E-state index in [1.807, 2.05) is 24.3 Å². The number of nitrogens with one attached hydrogen (secondary N) is 1. The van der Waals surface area contributed by atoms with E-state index < -0.39 is 0 Å². The molecule has 0 bridgehead atoms. The Labute approximate surface area is 121 Å². The largest absolute Gasteiger partial charge is 0.399 e. The zero-order valence-corrected chi connectivity index (χ0v) is 12.2. The van der Waals surface area contributed by atoms with Crippen LogP contribution in [-0.2, 0) is 6.42 Å². The fourth-order valence-corrected chi connectivity index (χ4v) is 2.21. The predicted octanol–water partition coefficient (Wildman–Crippen LogP) is 4.18. The lowest BCUT2D eigenvalue weighted by Crippen LogP contribution is -2.06. The highest BCUT2D eigenvalue weighted by Gasteiger charge is 2.00. The molecule has 0 atom stereocenters. The Morgan fingerprint density at radius 3 is 2.60 bits per heavy atom. The molecule has 0 radical (unpaired) electrons. The van der Waals surface area contributed by atoms with Crippen molar-refractivity contribution in [2.75, 3.05) is 17.6 Å². The minimum atomic E-state index is 0.764. The van der Waals surface area contributed by atoms with Crippen LogP contribution in [0.3, 0.4) is 0 Å². The second-order valence-corrected chi connectivity index (χ2v) is 5.15. The first-order valence-corrected chi connectivity index (χ1v) is 6.92. The van der Waals surface area contributed by atoms with E-state index in [4.69, 9.17) is 5.73 Å². The number of nitrogen functional groups attached to an aromatic ring is 1. The zero-order chi connectivity index (χ0) is 14.5. The molecule has 2 heteroatoms. The van der Waals surface area contributed by atoms with Crippen LogP contribution >= 0.6 is 0 Å². The minimum absolute atomic E-state index is 0.764. The van der Waals surface area contributed by atoms with Gasteiger partial charge in [0.25, 0.3) is 0 Å². The molecular weight excluding hydrogens is 244 g/mol. The molecule has 2 rings (SSSR count). The molecule has 0 saturated heterocycles. The molecular formula is C18H22N2. The molecule has 3 N–H and O–H groups in total. The van der Waals surface area contributed by atoms with Crippen LogP contribution in [0.4, 0.5) is 11.4 Å². The first-order chi connectivity index (χ1) is 9.60. The van der Waals surface area contributed by atoms with Crippen molar-refractivity contribution in [1.82, 2.24) is 0 Å². The first kappa shape index (κ1) is 14.2. The average molecular weight is 266 g/mol. The summed E-state index contributed by atoms with van der Waals surface area (Å²) in [5.41, 5.74) is 12.7. The number of hydrogen-bond acceptors (Lipinski definition) is 2. The molecule has 0 fully saturated rings. The third-order valence-electron chi connectivity index (χ3n) is 3.60. The van der Waals surface area contributed by atoms with Gasteiger partial charge in [-0.2, -0.15) is 0 Å². The maximum Gasteiger partial charge on any atom is 0.0415 e. The molecule has 0 unspecified atom stereocenters. The van der Waals surface area contributed by atoms with Crippen molar-refractivity contribution in [3.05, 3.63) is 65.2 Å². The SMILES string of the molecule is C=Cc1cc(N)ccc1NCCc1ccc(C)c(C)c1. The molecule has 0 heterocycles. The molecule has 0 amide bonds. The van der Waals surface area contributed by atoms with Crippen LogP contribution in [-0.4, -0.2) is 6.54 Å². The van der Waals surface area contributed by atoms with Crippen molar-refractivity contribution in [3.63, 3.8) is 0 Å². The molecule has 0 aliphatic heterocycles. The van der Waals surface area contributed by atoms with Gasteiger partial charge in [0.15, 0.2) is 0 Å². The predicted molar refractivity (Wildman–Crippen MR) is 89.1 cm³/mol. The van der Waals surface area contributed by atoms with E-state index in [1.165, 1.54) is 16.7 Å². The van der Waals surface area contributed by atoms with Gasteiger partial charge in [0, 0.05) is 17.9 Å². The van der Waals surface area contributed by atoms with Crippen molar-refractivity contribution in [2.45, 2.75) is 20.3 Å². The van der Waals surface area contributed by atoms with Crippen molar-refractivity contribution in [2.24, 2.45) is 0 Å². The number of rotatable bonds is 5. The summed E-state index contributed by atoms with van der Waals surface area (Å²) in [4.78, 5) is 0. The van der Waals surface area contributed by atoms with Gasteiger partial charge < -0.3 is 11.1 Å². The van der Waals surface area contributed by atoms with Gasteiger partial charge in [-0.05, 0) is 60.7 Å². The molecule has 0 aliphatic rings. The van der Waals surface area contributed by atoms with E-state index in [-0.39, 0.29) is 0 Å². The van der Waals surface area contributed by atoms with E-state index in [2.05, 4.69) is 43.9 Å². The van der Waals surface area contributed by atoms with Gasteiger partial charge in [-0.25, -0.2) is 0 Å². The fraction of sp³-hybridized carbons (Fsp3) is 0.222. The Kier molecular flexibility index (Phi) is 4.46. The highest BCUT2D eigenvalue weighted by atomic mass is 14.9. The molecule has 0 spiro atoms. The highest BCUT2D eigenvalue weighted by molar-refractivity contribution is 5.69. The van der Waals surface area contributed by atoms with Crippen molar-refractivity contribution < 1.29 is 0 Å². The standard InChI is InChI=1S/C18H22N2/c1-4-16-12-17(19)7-8-18(16)20-10-9-15-6-5-13(2)14(3)11-15/h4-8,11-12,20H,1,9-10,19H2,2-3H3. The number of nitrogens with two attached hydrogens (primary N) is 1. The van der Waals surface area contributed by atoms with Gasteiger partial charge in [0.2, 0.25) is 0 Å². The number of anilines is 2. The maximum atomic E-state index is 5.78. The normalized spacial score (nSPS) is 10.3. The van der Waals surface area contributed by atoms with E-state index in [1.54, 1.807) is 0 Å². The number of hydrogen-bond donors (Lipinski definition) is 2. The third-order valence-corrected chi connectivity index (χ3v) is 3.60. The highest BCUT2D eigenvalue weighted by Crippen LogP contribution is 2.20. The van der Waals surface area contributed by atoms with E-state index in [9.17, 15) is 0 Å². The van der Waals surface area contributed by atoms with Crippen LogP contribution in [0.5, 0.6) is 0 Å². The van der Waals surface area contributed by atoms with Gasteiger partial charge in [0.05, 0.1) is 0 Å². The van der Waals surface area contributed by atoms with Crippen LogP contribution in [0.25, 0.3) is 6.08 Å². The van der Waals surface area contributed by atoms with Gasteiger partial charge >= 0.3 is 0 Å². The van der Waals surface area contributed by atoms with Crippen LogP contribution < -0.4 is 11.1 Å². The van der Waals surface area contributed by atoms with Crippen molar-refractivity contribution in [3.8, 4) is 0 Å². The van der Waals surface area contributed by atoms with Crippen LogP contribution in [0.1, 0.15) is 22.3 Å². The lowest BCUT2D eigenvalue weighted by Gasteiger charge is -2.11. The van der Waals surface area contributed by atoms with E-state index >= 15 is 0 Å². The van der Waals surface area contributed by atoms with Gasteiger partial charge in [-0.3, -0.25) is 0 Å². The fourth-order valence-electron chi connectivity index (χ4n) is 2.21. The number of benzene rings is 2. The molecule has 20 heavy (non-hydrogen) atoms. The summed E-state index contributed by atoms with van der Waals surface area (Å²) in [5.74, 6) is 0. The summed E-state index contributed by atoms with van der Waals surface area (Å²) >= 11 is 0. The summed E-state index contributed by atoms with van der Waals surface area (Å²) in [6, 6.07) is 12.5. The molecule has 2 aromatic rings. The Hall–Kier alpha value is -2.22. The van der Waals surface area contributed by atoms with Crippen LogP contribution in [0.15, 0.2) is 43.0 Å². The van der Waals surface area contributed by atoms with Gasteiger partial charge in [0.1, 0.15) is 0 Å². The Balaban J connectivity index is 1.99. The van der Waals surface area contributed by atoms with Gasteiger partial charge in [-0.1, -0.05) is 30.9 Å². The second kappa shape index (κ2) is 6.29. The monoisotopic (exact) mass is 266 g/mol. The quantitative estimate of drug-likeness (QED) is 0.797. The Morgan fingerprint density at radius 2 is 1.90 bits per heavy atom. The lowest BCUT2D eigenvalue weighted by atomic mass is 10.0. The summed E-state index contributed by atoms with van der Waals surface area (Å²) < 4.78 is 0. The van der Waals surface area contributed by atoms with E-state index in [0.29, 0.717) is 0 Å². The average Bonchev–Trinajstić information content (AvgIpc) is 2.44. The minimum Gasteiger partial charge on any atom is -0.399 e. The molecule has 2 nitrogen and oxygen atoms in total. The Morgan fingerprint density at radius 1 is 1.10 bits per heavy atom. The van der Waals surface area contributed by atoms with Crippen LogP contribution in [0, 0.1) is 13.8 Å². The van der Waals surface area contributed by atoms with Crippen LogP contribution in [0.2, 0.25) is 0 Å². The van der Waals surface area contributed by atoms with Gasteiger partial charge in [-0.15, -0.1) is 0 Å². The summed E-state index contributed by atoms with van der Waals surface area (Å²) in [5, 5.41) is 3.45. The maximum absolute atomic E-state index is 5.78. The van der Waals surface area contributed by atoms with Crippen molar-refractivity contribution >= 4 is 17.5 Å². The topological polar surface area (TPSA) is 38.0 Å². The lowest BCUT2D eigenvalue weighted by molar-refractivity contribution is 1.01. The summed E-state index contributed by atoms with van der Waals surface area (Å²) in [6.07, 6.45) is 2.83. The Bertz CT molecular complexity index is 615. The smallest absolute Gasteiger partial charge is 0.0415 e. The second-order valence-electron chi connectivity index (χ2n) is 5.15. The zero-order valence-electron chi connectivity index (χ0n) is 12.2. The van der Waals surface area contributed by atoms with E-state index in [0.717, 1.165) is 29.9 Å². The number of aryl methyl sites for hydroxylation is 2. The molecule has 2 aromatic carbocycles. The summed E-state index contributed by atoms with van der Waals surface area (Å²) in [6.45, 7) is 9.02. The first-order valence-electron chi connectivity index (χ1n) is 6.92. The molecule has 104 valence electrons. The van der Waals surface area contributed by atoms with Crippen molar-refractivity contribution in [1.29, 1.82) is 0 Å². The molecule has 0 aromatic heterocycles. The molecule has 0 saturated carbocycles. The summed E-state index contributed by atoms with van der Waals surface area (Å²) in [7, 11) is 0. The third kappa shape index (κ3) is 3.41. The molecule has 0 aliphatic carbocycles.